The van der Waals surface area contributed by atoms with Crippen molar-refractivity contribution in [1.29, 1.82) is 0 Å². The van der Waals surface area contributed by atoms with Gasteiger partial charge in [0, 0.05) is 52.6 Å². The van der Waals surface area contributed by atoms with Gasteiger partial charge in [-0.2, -0.15) is 0 Å². The molecule has 0 fully saturated rings. The van der Waals surface area contributed by atoms with E-state index in [1.54, 1.807) is 7.11 Å². The first-order valence-electron chi connectivity index (χ1n) is 10.4. The summed E-state index contributed by atoms with van der Waals surface area (Å²) < 4.78 is 41.7. The Labute approximate surface area is 167 Å². The summed E-state index contributed by atoms with van der Waals surface area (Å²) in [6.45, 7) is 14.5. The molecule has 0 bridgehead atoms. The minimum absolute atomic E-state index is 0.369. The zero-order chi connectivity index (χ0) is 20.6. The lowest BCUT2D eigenvalue weighted by atomic mass is 10.4. The Morgan fingerprint density at radius 3 is 1.59 bits per heavy atom. The van der Waals surface area contributed by atoms with E-state index >= 15 is 0 Å². The Balaban J connectivity index is 5.50. The highest BCUT2D eigenvalue weighted by Crippen LogP contribution is 2.30. The average Bonchev–Trinajstić information content (AvgIpc) is 2.67. The van der Waals surface area contributed by atoms with Crippen molar-refractivity contribution >= 4 is 8.80 Å². The molecular formula is C19H42O7Si. The first kappa shape index (κ1) is 26.9. The van der Waals surface area contributed by atoms with Crippen LogP contribution in [0.5, 0.6) is 0 Å². The van der Waals surface area contributed by atoms with Gasteiger partial charge in [-0.3, -0.25) is 0 Å². The molecule has 27 heavy (non-hydrogen) atoms. The van der Waals surface area contributed by atoms with E-state index in [1.165, 1.54) is 0 Å². The Morgan fingerprint density at radius 1 is 0.778 bits per heavy atom. The molecule has 0 aromatic carbocycles. The molecule has 0 aromatic rings. The maximum Gasteiger partial charge on any atom is 0.503 e. The van der Waals surface area contributed by atoms with Gasteiger partial charge in [-0.25, -0.2) is 0 Å². The highest BCUT2D eigenvalue weighted by molar-refractivity contribution is 6.60. The van der Waals surface area contributed by atoms with Gasteiger partial charge in [0.1, 0.15) is 0 Å². The quantitative estimate of drug-likeness (QED) is 0.232. The minimum atomic E-state index is -3.00. The van der Waals surface area contributed by atoms with Gasteiger partial charge in [0.25, 0.3) is 5.97 Å². The Hall–Kier alpha value is -0.0631. The molecule has 7 nitrogen and oxygen atoms in total. The van der Waals surface area contributed by atoms with Crippen molar-refractivity contribution in [3.63, 3.8) is 0 Å². The van der Waals surface area contributed by atoms with Crippen LogP contribution in [0.3, 0.4) is 0 Å². The number of hydrogen-bond donors (Lipinski definition) is 0. The lowest BCUT2D eigenvalue weighted by Gasteiger charge is -2.37. The van der Waals surface area contributed by atoms with Crippen LogP contribution in [0.25, 0.3) is 0 Å². The topological polar surface area (TPSA) is 64.6 Å². The van der Waals surface area contributed by atoms with E-state index in [0.717, 1.165) is 12.8 Å². The van der Waals surface area contributed by atoms with Gasteiger partial charge >= 0.3 is 8.80 Å². The van der Waals surface area contributed by atoms with Crippen LogP contribution in [0.4, 0.5) is 0 Å². The molecule has 0 spiro atoms. The van der Waals surface area contributed by atoms with E-state index in [-0.39, 0.29) is 6.29 Å². The first-order valence-corrected chi connectivity index (χ1v) is 12.3. The smallest absolute Gasteiger partial charge is 0.373 e. The van der Waals surface area contributed by atoms with E-state index < -0.39 is 14.8 Å². The summed E-state index contributed by atoms with van der Waals surface area (Å²) in [5, 5.41) is 0. The maximum absolute atomic E-state index is 6.28. The van der Waals surface area contributed by atoms with E-state index in [1.807, 2.05) is 27.7 Å². The molecule has 0 saturated carbocycles. The summed E-state index contributed by atoms with van der Waals surface area (Å²) in [6, 6.07) is 0.521. The molecule has 0 amide bonds. The molecule has 0 aliphatic heterocycles. The molecule has 0 heterocycles. The van der Waals surface area contributed by atoms with Gasteiger partial charge in [0.05, 0.1) is 0 Å². The zero-order valence-corrected chi connectivity index (χ0v) is 19.5. The van der Waals surface area contributed by atoms with Gasteiger partial charge in [-0.15, -0.1) is 0 Å². The third-order valence-electron chi connectivity index (χ3n) is 3.79. The number of ether oxygens (including phenoxy) is 4. The molecule has 0 saturated heterocycles. The van der Waals surface area contributed by atoms with Crippen molar-refractivity contribution in [3.8, 4) is 0 Å². The molecule has 1 unspecified atom stereocenters. The van der Waals surface area contributed by atoms with E-state index in [0.29, 0.717) is 51.9 Å². The summed E-state index contributed by atoms with van der Waals surface area (Å²) in [5.41, 5.74) is 0. The second-order valence-corrected chi connectivity index (χ2v) is 8.73. The van der Waals surface area contributed by atoms with Crippen molar-refractivity contribution in [2.75, 3.05) is 40.1 Å². The van der Waals surface area contributed by atoms with Crippen molar-refractivity contribution in [2.24, 2.45) is 0 Å². The SMILES string of the molecule is CCCO[Si](CCC(OCC)(OCC)OCC)(OCCC)OC(CC)OC. The fraction of sp³-hybridized carbons (Fsp3) is 1.00. The van der Waals surface area contributed by atoms with Crippen LogP contribution in [0, 0.1) is 0 Å². The van der Waals surface area contributed by atoms with Crippen molar-refractivity contribution < 1.29 is 32.2 Å². The maximum atomic E-state index is 6.28. The molecule has 8 heteroatoms. The molecule has 0 N–H and O–H groups in total. The molecule has 0 radical (unpaired) electrons. The fourth-order valence-electron chi connectivity index (χ4n) is 2.63. The van der Waals surface area contributed by atoms with Gasteiger partial charge < -0.3 is 32.2 Å². The van der Waals surface area contributed by atoms with Crippen molar-refractivity contribution in [3.05, 3.63) is 0 Å². The second kappa shape index (κ2) is 15.8. The summed E-state index contributed by atoms with van der Waals surface area (Å²) in [4.78, 5) is 0. The predicted molar refractivity (Wildman–Crippen MR) is 107 cm³/mol. The molecule has 0 aliphatic carbocycles. The standard InChI is InChI=1S/C19H42O7Si/c1-8-15-24-27(25-16-9-2,26-18(10-3)20-7)17-14-19(21-11-4,22-12-5)23-13-6/h18H,8-17H2,1-7H3. The van der Waals surface area contributed by atoms with Gasteiger partial charge in [-0.05, 0) is 40.0 Å². The Morgan fingerprint density at radius 2 is 1.26 bits per heavy atom. The van der Waals surface area contributed by atoms with Crippen LogP contribution in [-0.4, -0.2) is 61.2 Å². The number of methoxy groups -OCH3 is 1. The number of rotatable bonds is 19. The molecule has 0 aliphatic rings. The third kappa shape index (κ3) is 10.3. The largest absolute Gasteiger partial charge is 0.503 e. The molecule has 1 atom stereocenters. The van der Waals surface area contributed by atoms with Crippen LogP contribution < -0.4 is 0 Å². The van der Waals surface area contributed by atoms with Crippen LogP contribution in [0.15, 0.2) is 0 Å². The van der Waals surface area contributed by atoms with Crippen molar-refractivity contribution in [1.82, 2.24) is 0 Å². The summed E-state index contributed by atoms with van der Waals surface area (Å²) >= 11 is 0. The first-order chi connectivity index (χ1) is 13.0. The van der Waals surface area contributed by atoms with E-state index in [2.05, 4.69) is 13.8 Å². The highest BCUT2D eigenvalue weighted by atomic mass is 28.4. The molecule has 164 valence electrons. The minimum Gasteiger partial charge on any atom is -0.373 e. The molecular weight excluding hydrogens is 368 g/mol. The van der Waals surface area contributed by atoms with Crippen LogP contribution in [0.2, 0.25) is 6.04 Å². The lowest BCUT2D eigenvalue weighted by Crippen LogP contribution is -2.51. The van der Waals surface area contributed by atoms with E-state index in [4.69, 9.17) is 32.2 Å². The highest BCUT2D eigenvalue weighted by Gasteiger charge is 2.47. The predicted octanol–water partition coefficient (Wildman–Crippen LogP) is 4.33. The van der Waals surface area contributed by atoms with Crippen LogP contribution >= 0.6 is 0 Å². The number of hydrogen-bond acceptors (Lipinski definition) is 7. The van der Waals surface area contributed by atoms with Crippen LogP contribution in [-0.2, 0) is 32.2 Å². The summed E-state index contributed by atoms with van der Waals surface area (Å²) in [7, 11) is -1.37. The zero-order valence-electron chi connectivity index (χ0n) is 18.5. The van der Waals surface area contributed by atoms with Crippen LogP contribution in [0.1, 0.15) is 67.2 Å². The van der Waals surface area contributed by atoms with Gasteiger partial charge in [0.15, 0.2) is 6.29 Å². The molecule has 0 rings (SSSR count). The molecule has 0 aromatic heterocycles. The Bertz CT molecular complexity index is 315. The Kier molecular flexibility index (Phi) is 15.8. The van der Waals surface area contributed by atoms with Gasteiger partial charge in [-0.1, -0.05) is 20.8 Å². The summed E-state index contributed by atoms with van der Waals surface area (Å²) in [5.74, 6) is -1.11. The average molecular weight is 411 g/mol. The monoisotopic (exact) mass is 410 g/mol. The normalized spacial score (nSPS) is 13.9. The lowest BCUT2D eigenvalue weighted by molar-refractivity contribution is -0.378. The van der Waals surface area contributed by atoms with E-state index in [9.17, 15) is 0 Å². The summed E-state index contributed by atoms with van der Waals surface area (Å²) in [6.07, 6.45) is 2.56. The van der Waals surface area contributed by atoms with Crippen molar-refractivity contribution in [2.45, 2.75) is 85.5 Å². The second-order valence-electron chi connectivity index (χ2n) is 6.05. The third-order valence-corrected chi connectivity index (χ3v) is 6.56. The fourth-order valence-corrected chi connectivity index (χ4v) is 5.57. The van der Waals surface area contributed by atoms with Gasteiger partial charge in [0.2, 0.25) is 0 Å².